The van der Waals surface area contributed by atoms with E-state index in [1.807, 2.05) is 0 Å². The predicted molar refractivity (Wildman–Crippen MR) is 60.6 cm³/mol. The quantitative estimate of drug-likeness (QED) is 0.780. The molecular weight excluding hydrogens is 246 g/mol. The van der Waals surface area contributed by atoms with Crippen molar-refractivity contribution in [1.82, 2.24) is 15.2 Å². The summed E-state index contributed by atoms with van der Waals surface area (Å²) in [5.41, 5.74) is 6.01. The van der Waals surface area contributed by atoms with Gasteiger partial charge < -0.3 is 10.2 Å². The number of aryl methyl sites for hydroxylation is 1. The Morgan fingerprint density at radius 2 is 2.29 bits per heavy atom. The molecule has 2 heterocycles. The van der Waals surface area contributed by atoms with Crippen LogP contribution in [0.1, 0.15) is 16.2 Å². The smallest absolute Gasteiger partial charge is 0.322 e. The Morgan fingerprint density at radius 1 is 1.53 bits per heavy atom. The molecule has 0 fully saturated rings. The van der Waals surface area contributed by atoms with Crippen LogP contribution in [0.4, 0.5) is 11.7 Å². The number of carbonyl (C=O) groups is 1. The van der Waals surface area contributed by atoms with Crippen molar-refractivity contribution in [2.75, 3.05) is 11.1 Å². The molecule has 0 aliphatic rings. The van der Waals surface area contributed by atoms with E-state index in [1.54, 1.807) is 6.92 Å². The number of halogens is 1. The van der Waals surface area contributed by atoms with E-state index in [9.17, 15) is 4.79 Å². The van der Waals surface area contributed by atoms with Gasteiger partial charge in [0.05, 0.1) is 17.4 Å². The zero-order valence-electron chi connectivity index (χ0n) is 8.77. The summed E-state index contributed by atoms with van der Waals surface area (Å²) in [4.78, 5) is 15.5. The van der Waals surface area contributed by atoms with Crippen molar-refractivity contribution >= 4 is 29.2 Å². The Kier molecular flexibility index (Phi) is 2.92. The van der Waals surface area contributed by atoms with Crippen LogP contribution in [0.5, 0.6) is 0 Å². The number of anilines is 2. The van der Waals surface area contributed by atoms with E-state index in [-0.39, 0.29) is 22.4 Å². The summed E-state index contributed by atoms with van der Waals surface area (Å²) >= 11 is 5.67. The van der Waals surface area contributed by atoms with E-state index >= 15 is 0 Å². The maximum Gasteiger partial charge on any atom is 0.322 e. The zero-order valence-corrected chi connectivity index (χ0v) is 9.52. The van der Waals surface area contributed by atoms with Crippen LogP contribution in [0.2, 0.25) is 5.15 Å². The zero-order chi connectivity index (χ0) is 12.4. The van der Waals surface area contributed by atoms with Crippen LogP contribution >= 0.6 is 11.6 Å². The second kappa shape index (κ2) is 4.38. The van der Waals surface area contributed by atoms with E-state index in [4.69, 9.17) is 21.8 Å². The fourth-order valence-corrected chi connectivity index (χ4v) is 1.31. The number of nitrogen functional groups attached to an aromatic ring is 1. The Hall–Kier alpha value is -2.15. The summed E-state index contributed by atoms with van der Waals surface area (Å²) in [5, 5.41) is 9.77. The number of nitrogens with one attached hydrogen (secondary N) is 1. The third-order valence-corrected chi connectivity index (χ3v) is 2.10. The molecular formula is C9H8ClN5O2. The molecule has 0 aliphatic heterocycles. The van der Waals surface area contributed by atoms with Gasteiger partial charge in [0.25, 0.3) is 5.91 Å². The monoisotopic (exact) mass is 253 g/mol. The molecule has 0 bridgehead atoms. The number of pyridine rings is 1. The molecule has 8 heteroatoms. The molecule has 0 aliphatic carbocycles. The van der Waals surface area contributed by atoms with Gasteiger partial charge in [-0.1, -0.05) is 16.7 Å². The first-order valence-electron chi connectivity index (χ1n) is 4.59. The molecule has 1 amide bonds. The third kappa shape index (κ3) is 2.51. The standard InChI is InChI=1S/C9H8ClN5O2/c1-4-14-15-9(17-4)13-8(16)5-2-7(10)12-3-6(5)11/h2-3H,11H2,1H3,(H,13,15,16). The first-order valence-corrected chi connectivity index (χ1v) is 4.96. The summed E-state index contributed by atoms with van der Waals surface area (Å²) in [6.07, 6.45) is 1.30. The Balaban J connectivity index is 2.22. The van der Waals surface area contributed by atoms with Gasteiger partial charge in [-0.3, -0.25) is 10.1 Å². The van der Waals surface area contributed by atoms with Crippen LogP contribution in [-0.2, 0) is 0 Å². The van der Waals surface area contributed by atoms with Gasteiger partial charge in [-0.2, -0.15) is 0 Å². The molecule has 3 N–H and O–H groups in total. The van der Waals surface area contributed by atoms with Crippen LogP contribution in [0.3, 0.4) is 0 Å². The normalized spacial score (nSPS) is 10.2. The lowest BCUT2D eigenvalue weighted by atomic mass is 10.2. The maximum absolute atomic E-state index is 11.8. The molecule has 0 unspecified atom stereocenters. The van der Waals surface area contributed by atoms with Crippen molar-refractivity contribution in [3.63, 3.8) is 0 Å². The van der Waals surface area contributed by atoms with Gasteiger partial charge in [0.2, 0.25) is 5.89 Å². The van der Waals surface area contributed by atoms with Crippen LogP contribution in [0.25, 0.3) is 0 Å². The molecule has 7 nitrogen and oxygen atoms in total. The second-order valence-corrected chi connectivity index (χ2v) is 3.56. The predicted octanol–water partition coefficient (Wildman–Crippen LogP) is 1.26. The number of hydrogen-bond donors (Lipinski definition) is 2. The van der Waals surface area contributed by atoms with Crippen molar-refractivity contribution in [3.05, 3.63) is 28.9 Å². The molecule has 0 saturated heterocycles. The highest BCUT2D eigenvalue weighted by molar-refractivity contribution is 6.30. The van der Waals surface area contributed by atoms with E-state index in [0.29, 0.717) is 5.89 Å². The Labute approximate surface area is 101 Å². The number of rotatable bonds is 2. The largest absolute Gasteiger partial charge is 0.408 e. The van der Waals surface area contributed by atoms with Gasteiger partial charge in [0.1, 0.15) is 5.15 Å². The number of aromatic nitrogens is 3. The van der Waals surface area contributed by atoms with Gasteiger partial charge >= 0.3 is 6.01 Å². The van der Waals surface area contributed by atoms with Crippen LogP contribution in [0, 0.1) is 6.92 Å². The molecule has 2 rings (SSSR count). The molecule has 0 aromatic carbocycles. The van der Waals surface area contributed by atoms with Gasteiger partial charge in [0.15, 0.2) is 0 Å². The highest BCUT2D eigenvalue weighted by atomic mass is 35.5. The minimum Gasteiger partial charge on any atom is -0.408 e. The minimum atomic E-state index is -0.490. The topological polar surface area (TPSA) is 107 Å². The minimum absolute atomic E-state index is 0.000153. The molecule has 0 spiro atoms. The van der Waals surface area contributed by atoms with Gasteiger partial charge in [-0.25, -0.2) is 4.98 Å². The number of hydrogen-bond acceptors (Lipinski definition) is 6. The van der Waals surface area contributed by atoms with E-state index in [2.05, 4.69) is 20.5 Å². The van der Waals surface area contributed by atoms with E-state index < -0.39 is 5.91 Å². The molecule has 17 heavy (non-hydrogen) atoms. The number of amides is 1. The van der Waals surface area contributed by atoms with E-state index in [1.165, 1.54) is 12.3 Å². The fraction of sp³-hybridized carbons (Fsp3) is 0.111. The molecule has 2 aromatic heterocycles. The molecule has 0 atom stereocenters. The third-order valence-electron chi connectivity index (χ3n) is 1.89. The first kappa shape index (κ1) is 11.3. The fourth-order valence-electron chi connectivity index (χ4n) is 1.15. The number of carbonyl (C=O) groups excluding carboxylic acids is 1. The highest BCUT2D eigenvalue weighted by Crippen LogP contribution is 2.16. The van der Waals surface area contributed by atoms with Gasteiger partial charge in [-0.15, -0.1) is 5.10 Å². The Bertz CT molecular complexity index is 568. The summed E-state index contributed by atoms with van der Waals surface area (Å²) in [6.45, 7) is 1.61. The van der Waals surface area contributed by atoms with Gasteiger partial charge in [-0.05, 0) is 6.07 Å². The van der Waals surface area contributed by atoms with Gasteiger partial charge in [0, 0.05) is 6.92 Å². The van der Waals surface area contributed by atoms with Crippen LogP contribution < -0.4 is 11.1 Å². The van der Waals surface area contributed by atoms with Crippen molar-refractivity contribution in [3.8, 4) is 0 Å². The number of nitrogens with zero attached hydrogens (tertiary/aromatic N) is 3. The molecule has 2 aromatic rings. The summed E-state index contributed by atoms with van der Waals surface area (Å²) < 4.78 is 5.00. The lowest BCUT2D eigenvalue weighted by Crippen LogP contribution is -2.14. The maximum atomic E-state index is 11.8. The second-order valence-electron chi connectivity index (χ2n) is 3.17. The summed E-state index contributed by atoms with van der Waals surface area (Å²) in [7, 11) is 0. The van der Waals surface area contributed by atoms with Crippen molar-refractivity contribution < 1.29 is 9.21 Å². The first-order chi connectivity index (χ1) is 8.06. The SMILES string of the molecule is Cc1nnc(NC(=O)c2cc(Cl)ncc2N)o1. The average molecular weight is 254 g/mol. The van der Waals surface area contributed by atoms with Crippen molar-refractivity contribution in [2.45, 2.75) is 6.92 Å². The van der Waals surface area contributed by atoms with Crippen molar-refractivity contribution in [1.29, 1.82) is 0 Å². The number of nitrogens with two attached hydrogens (primary N) is 1. The van der Waals surface area contributed by atoms with Crippen LogP contribution in [-0.4, -0.2) is 21.1 Å². The lowest BCUT2D eigenvalue weighted by Gasteiger charge is -2.03. The summed E-state index contributed by atoms with van der Waals surface area (Å²) in [5.74, 6) is -0.142. The van der Waals surface area contributed by atoms with Crippen LogP contribution in [0.15, 0.2) is 16.7 Å². The molecule has 88 valence electrons. The molecule has 0 saturated carbocycles. The summed E-state index contributed by atoms with van der Waals surface area (Å²) in [6, 6.07) is 1.36. The lowest BCUT2D eigenvalue weighted by molar-refractivity contribution is 0.102. The highest BCUT2D eigenvalue weighted by Gasteiger charge is 2.14. The van der Waals surface area contributed by atoms with Crippen molar-refractivity contribution in [2.24, 2.45) is 0 Å². The molecule has 0 radical (unpaired) electrons. The van der Waals surface area contributed by atoms with E-state index in [0.717, 1.165) is 0 Å². The Morgan fingerprint density at radius 3 is 2.94 bits per heavy atom. The average Bonchev–Trinajstić information content (AvgIpc) is 2.67.